The SMILES string of the molecule is OCCCN(Cc1nc(-c2ccco2)no1)c1ccccc1. The largest absolute Gasteiger partial charge is 0.461 e. The van der Waals surface area contributed by atoms with Crippen LogP contribution in [0.15, 0.2) is 57.7 Å². The third-order valence-corrected chi connectivity index (χ3v) is 3.24. The zero-order valence-corrected chi connectivity index (χ0v) is 12.1. The average molecular weight is 299 g/mol. The molecule has 1 aromatic carbocycles. The molecule has 6 heteroatoms. The van der Waals surface area contributed by atoms with Crippen LogP contribution in [0.2, 0.25) is 0 Å². The summed E-state index contributed by atoms with van der Waals surface area (Å²) in [5.74, 6) is 1.53. The summed E-state index contributed by atoms with van der Waals surface area (Å²) in [5, 5.41) is 13.0. The van der Waals surface area contributed by atoms with E-state index in [0.29, 0.717) is 37.0 Å². The van der Waals surface area contributed by atoms with Gasteiger partial charge in [0, 0.05) is 18.8 Å². The summed E-state index contributed by atoms with van der Waals surface area (Å²) >= 11 is 0. The zero-order chi connectivity index (χ0) is 15.2. The molecular formula is C16H17N3O3. The molecule has 3 aromatic rings. The molecule has 0 bridgehead atoms. The summed E-state index contributed by atoms with van der Waals surface area (Å²) in [6.45, 7) is 1.33. The van der Waals surface area contributed by atoms with E-state index in [1.807, 2.05) is 30.3 Å². The summed E-state index contributed by atoms with van der Waals surface area (Å²) in [5.41, 5.74) is 1.05. The van der Waals surface area contributed by atoms with E-state index in [-0.39, 0.29) is 6.61 Å². The molecular weight excluding hydrogens is 282 g/mol. The fourth-order valence-corrected chi connectivity index (χ4v) is 2.19. The number of benzene rings is 1. The van der Waals surface area contributed by atoms with Gasteiger partial charge in [-0.05, 0) is 30.7 Å². The Kier molecular flexibility index (Phi) is 4.50. The number of aliphatic hydroxyl groups is 1. The van der Waals surface area contributed by atoms with Gasteiger partial charge in [0.2, 0.25) is 11.7 Å². The molecule has 114 valence electrons. The predicted molar refractivity (Wildman–Crippen MR) is 81.2 cm³/mol. The normalized spacial score (nSPS) is 10.8. The Morgan fingerprint density at radius 3 is 2.68 bits per heavy atom. The van der Waals surface area contributed by atoms with Crippen molar-refractivity contribution in [1.29, 1.82) is 0 Å². The van der Waals surface area contributed by atoms with Gasteiger partial charge in [0.15, 0.2) is 5.76 Å². The van der Waals surface area contributed by atoms with Gasteiger partial charge in [-0.3, -0.25) is 0 Å². The average Bonchev–Trinajstić information content (AvgIpc) is 3.23. The first-order valence-corrected chi connectivity index (χ1v) is 7.14. The van der Waals surface area contributed by atoms with Crippen molar-refractivity contribution >= 4 is 5.69 Å². The third-order valence-electron chi connectivity index (χ3n) is 3.24. The van der Waals surface area contributed by atoms with Crippen LogP contribution < -0.4 is 4.90 Å². The second kappa shape index (κ2) is 6.91. The van der Waals surface area contributed by atoms with E-state index in [1.165, 1.54) is 0 Å². The van der Waals surface area contributed by atoms with E-state index in [4.69, 9.17) is 14.0 Å². The molecule has 0 aliphatic rings. The predicted octanol–water partition coefficient (Wildman–Crippen LogP) is 2.72. The maximum Gasteiger partial charge on any atom is 0.246 e. The van der Waals surface area contributed by atoms with Crippen LogP contribution in [-0.2, 0) is 6.54 Å². The lowest BCUT2D eigenvalue weighted by molar-refractivity contribution is 0.288. The lowest BCUT2D eigenvalue weighted by atomic mass is 10.2. The Morgan fingerprint density at radius 1 is 1.09 bits per heavy atom. The highest BCUT2D eigenvalue weighted by molar-refractivity contribution is 5.47. The second-order valence-electron chi connectivity index (χ2n) is 4.82. The van der Waals surface area contributed by atoms with Crippen LogP contribution in [-0.4, -0.2) is 28.4 Å². The molecule has 0 aliphatic heterocycles. The van der Waals surface area contributed by atoms with Crippen molar-refractivity contribution in [2.24, 2.45) is 0 Å². The Bertz CT molecular complexity index is 680. The van der Waals surface area contributed by atoms with E-state index in [1.54, 1.807) is 18.4 Å². The van der Waals surface area contributed by atoms with Gasteiger partial charge in [0.25, 0.3) is 0 Å². The van der Waals surface area contributed by atoms with Crippen LogP contribution in [0, 0.1) is 0 Å². The number of nitrogens with zero attached hydrogens (tertiary/aromatic N) is 3. The maximum atomic E-state index is 9.07. The van der Waals surface area contributed by atoms with E-state index in [2.05, 4.69) is 15.0 Å². The first-order chi connectivity index (χ1) is 10.9. The Morgan fingerprint density at radius 2 is 1.95 bits per heavy atom. The monoisotopic (exact) mass is 299 g/mol. The van der Waals surface area contributed by atoms with Crippen molar-refractivity contribution in [2.75, 3.05) is 18.1 Å². The van der Waals surface area contributed by atoms with Gasteiger partial charge in [0.1, 0.15) is 0 Å². The van der Waals surface area contributed by atoms with Crippen molar-refractivity contribution in [3.8, 4) is 11.6 Å². The van der Waals surface area contributed by atoms with Crippen LogP contribution >= 0.6 is 0 Å². The summed E-state index contributed by atoms with van der Waals surface area (Å²) in [4.78, 5) is 6.44. The van der Waals surface area contributed by atoms with E-state index in [9.17, 15) is 0 Å². The molecule has 0 amide bonds. The number of hydrogen-bond donors (Lipinski definition) is 1. The van der Waals surface area contributed by atoms with Crippen molar-refractivity contribution < 1.29 is 14.0 Å². The molecule has 3 rings (SSSR count). The molecule has 0 aliphatic carbocycles. The minimum absolute atomic E-state index is 0.144. The lowest BCUT2D eigenvalue weighted by Crippen LogP contribution is -2.24. The highest BCUT2D eigenvalue weighted by Gasteiger charge is 2.14. The summed E-state index contributed by atoms with van der Waals surface area (Å²) in [7, 11) is 0. The minimum Gasteiger partial charge on any atom is -0.461 e. The van der Waals surface area contributed by atoms with Gasteiger partial charge in [-0.25, -0.2) is 0 Å². The standard InChI is InChI=1S/C16H17N3O3/c20-10-5-9-19(13-6-2-1-3-7-13)12-15-17-16(18-22-15)14-8-4-11-21-14/h1-4,6-8,11,20H,5,9-10,12H2. The van der Waals surface area contributed by atoms with Gasteiger partial charge in [-0.1, -0.05) is 23.4 Å². The lowest BCUT2D eigenvalue weighted by Gasteiger charge is -2.22. The molecule has 0 spiro atoms. The van der Waals surface area contributed by atoms with Gasteiger partial charge >= 0.3 is 0 Å². The molecule has 6 nitrogen and oxygen atoms in total. The molecule has 22 heavy (non-hydrogen) atoms. The van der Waals surface area contributed by atoms with E-state index < -0.39 is 0 Å². The molecule has 2 heterocycles. The van der Waals surface area contributed by atoms with Crippen LogP contribution in [0.4, 0.5) is 5.69 Å². The number of furan rings is 1. The van der Waals surface area contributed by atoms with Crippen molar-refractivity contribution in [2.45, 2.75) is 13.0 Å². The van der Waals surface area contributed by atoms with Gasteiger partial charge < -0.3 is 18.9 Å². The Hall–Kier alpha value is -2.60. The first kappa shape index (κ1) is 14.3. The number of rotatable bonds is 7. The maximum absolute atomic E-state index is 9.07. The number of para-hydroxylation sites is 1. The Labute approximate surface area is 128 Å². The molecule has 0 fully saturated rings. The minimum atomic E-state index is 0.144. The van der Waals surface area contributed by atoms with Gasteiger partial charge in [0.05, 0.1) is 12.8 Å². The number of aliphatic hydroxyl groups excluding tert-OH is 1. The summed E-state index contributed by atoms with van der Waals surface area (Å²) in [6, 6.07) is 13.5. The zero-order valence-electron chi connectivity index (χ0n) is 12.1. The highest BCUT2D eigenvalue weighted by Crippen LogP contribution is 2.19. The van der Waals surface area contributed by atoms with Crippen LogP contribution in [0.1, 0.15) is 12.3 Å². The molecule has 2 aromatic heterocycles. The van der Waals surface area contributed by atoms with Gasteiger partial charge in [-0.15, -0.1) is 0 Å². The summed E-state index contributed by atoms with van der Waals surface area (Å²) < 4.78 is 10.6. The molecule has 1 N–H and O–H groups in total. The summed E-state index contributed by atoms with van der Waals surface area (Å²) in [6.07, 6.45) is 2.25. The molecule has 0 radical (unpaired) electrons. The Balaban J connectivity index is 1.76. The van der Waals surface area contributed by atoms with E-state index in [0.717, 1.165) is 5.69 Å². The number of aromatic nitrogens is 2. The fraction of sp³-hybridized carbons (Fsp3) is 0.250. The fourth-order valence-electron chi connectivity index (χ4n) is 2.19. The third kappa shape index (κ3) is 3.35. The molecule has 0 saturated carbocycles. The highest BCUT2D eigenvalue weighted by atomic mass is 16.5. The number of anilines is 1. The first-order valence-electron chi connectivity index (χ1n) is 7.14. The smallest absolute Gasteiger partial charge is 0.246 e. The molecule has 0 atom stereocenters. The number of hydrogen-bond acceptors (Lipinski definition) is 6. The molecule has 0 unspecified atom stereocenters. The topological polar surface area (TPSA) is 75.5 Å². The quantitative estimate of drug-likeness (QED) is 0.723. The second-order valence-corrected chi connectivity index (χ2v) is 4.82. The van der Waals surface area contributed by atoms with Crippen molar-refractivity contribution in [3.63, 3.8) is 0 Å². The van der Waals surface area contributed by atoms with Crippen LogP contribution in [0.3, 0.4) is 0 Å². The van der Waals surface area contributed by atoms with Crippen LogP contribution in [0.25, 0.3) is 11.6 Å². The molecule has 0 saturated heterocycles. The van der Waals surface area contributed by atoms with Crippen LogP contribution in [0.5, 0.6) is 0 Å². The van der Waals surface area contributed by atoms with Crippen molar-refractivity contribution in [1.82, 2.24) is 10.1 Å². The van der Waals surface area contributed by atoms with Crippen molar-refractivity contribution in [3.05, 3.63) is 54.6 Å². The van der Waals surface area contributed by atoms with Gasteiger partial charge in [-0.2, -0.15) is 4.98 Å². The van der Waals surface area contributed by atoms with E-state index >= 15 is 0 Å².